The maximum atomic E-state index is 12.1. The number of esters is 1. The van der Waals surface area contributed by atoms with Gasteiger partial charge in [0.05, 0.1) is 25.5 Å². The van der Waals surface area contributed by atoms with Gasteiger partial charge in [0.1, 0.15) is 11.9 Å². The van der Waals surface area contributed by atoms with Crippen molar-refractivity contribution in [1.82, 2.24) is 5.32 Å². The number of methoxy groups -OCH3 is 1. The quantitative estimate of drug-likeness (QED) is 0.659. The van der Waals surface area contributed by atoms with Crippen LogP contribution in [-0.4, -0.2) is 30.6 Å². The van der Waals surface area contributed by atoms with Crippen LogP contribution in [-0.2, 0) is 4.74 Å². The van der Waals surface area contributed by atoms with Gasteiger partial charge in [-0.3, -0.25) is 4.79 Å². The van der Waals surface area contributed by atoms with Gasteiger partial charge in [-0.05, 0) is 48.5 Å². The van der Waals surface area contributed by atoms with Crippen LogP contribution in [0.15, 0.2) is 63.6 Å². The van der Waals surface area contributed by atoms with Gasteiger partial charge in [0.15, 0.2) is 11.5 Å². The van der Waals surface area contributed by atoms with Crippen LogP contribution in [0.2, 0.25) is 0 Å². The Morgan fingerprint density at radius 3 is 2.46 bits per heavy atom. The zero-order valence-corrected chi connectivity index (χ0v) is 14.0. The molecule has 1 amide bonds. The molecule has 0 saturated heterocycles. The minimum Gasteiger partial charge on any atom is -0.465 e. The van der Waals surface area contributed by atoms with Crippen molar-refractivity contribution >= 4 is 11.9 Å². The highest BCUT2D eigenvalue weighted by Gasteiger charge is 2.16. The molecule has 3 rings (SSSR count). The lowest BCUT2D eigenvalue weighted by atomic mass is 10.1. The molecule has 1 unspecified atom stereocenters. The van der Waals surface area contributed by atoms with Crippen molar-refractivity contribution in [2.24, 2.45) is 0 Å². The van der Waals surface area contributed by atoms with Crippen LogP contribution in [0.5, 0.6) is 0 Å². The monoisotopic (exact) mass is 355 g/mol. The molecule has 0 aliphatic rings. The molecule has 7 heteroatoms. The molecule has 0 radical (unpaired) electrons. The van der Waals surface area contributed by atoms with Crippen molar-refractivity contribution in [3.63, 3.8) is 0 Å². The molecule has 0 aliphatic carbocycles. The van der Waals surface area contributed by atoms with E-state index >= 15 is 0 Å². The van der Waals surface area contributed by atoms with Crippen LogP contribution in [0.25, 0.3) is 11.5 Å². The van der Waals surface area contributed by atoms with Crippen molar-refractivity contribution in [3.8, 4) is 11.5 Å². The minimum atomic E-state index is -1.00. The maximum absolute atomic E-state index is 12.1. The van der Waals surface area contributed by atoms with Crippen molar-refractivity contribution in [2.75, 3.05) is 13.7 Å². The fraction of sp³-hybridized carbons (Fsp3) is 0.158. The van der Waals surface area contributed by atoms with E-state index in [0.717, 1.165) is 0 Å². The first kappa shape index (κ1) is 17.5. The number of carbonyl (C=O) groups is 2. The van der Waals surface area contributed by atoms with Gasteiger partial charge < -0.3 is 24.0 Å². The van der Waals surface area contributed by atoms with Gasteiger partial charge >= 0.3 is 5.97 Å². The summed E-state index contributed by atoms with van der Waals surface area (Å²) in [5, 5.41) is 12.8. The van der Waals surface area contributed by atoms with E-state index in [-0.39, 0.29) is 12.5 Å². The van der Waals surface area contributed by atoms with Gasteiger partial charge in [-0.15, -0.1) is 0 Å². The molecule has 1 aromatic carbocycles. The molecule has 0 bridgehead atoms. The molecule has 134 valence electrons. The lowest BCUT2D eigenvalue weighted by Crippen LogP contribution is -2.28. The molecule has 26 heavy (non-hydrogen) atoms. The molecular weight excluding hydrogens is 338 g/mol. The number of nitrogens with one attached hydrogen (secondary N) is 1. The van der Waals surface area contributed by atoms with E-state index < -0.39 is 12.1 Å². The molecule has 2 aromatic heterocycles. The Hall–Kier alpha value is -3.32. The SMILES string of the molecule is COC(=O)c1ccc(C(=O)NCC(O)c2ccc(-c3ccco3)o2)cc1. The molecule has 0 aliphatic heterocycles. The molecule has 0 fully saturated rings. The highest BCUT2D eigenvalue weighted by atomic mass is 16.5. The summed E-state index contributed by atoms with van der Waals surface area (Å²) in [7, 11) is 1.29. The maximum Gasteiger partial charge on any atom is 0.337 e. The summed E-state index contributed by atoms with van der Waals surface area (Å²) in [5.41, 5.74) is 0.714. The summed E-state index contributed by atoms with van der Waals surface area (Å²) in [6.45, 7) is -0.0251. The van der Waals surface area contributed by atoms with Crippen LogP contribution < -0.4 is 5.32 Å². The number of benzene rings is 1. The Morgan fingerprint density at radius 2 is 1.81 bits per heavy atom. The summed E-state index contributed by atoms with van der Waals surface area (Å²) in [6.07, 6.45) is 0.525. The molecule has 3 aromatic rings. The van der Waals surface area contributed by atoms with E-state index in [9.17, 15) is 14.7 Å². The first-order valence-corrected chi connectivity index (χ1v) is 7.86. The third kappa shape index (κ3) is 3.84. The Morgan fingerprint density at radius 1 is 1.08 bits per heavy atom. The summed E-state index contributed by atoms with van der Waals surface area (Å²) < 4.78 is 15.4. The molecule has 0 spiro atoms. The van der Waals surface area contributed by atoms with Crippen LogP contribution >= 0.6 is 0 Å². The second kappa shape index (κ2) is 7.71. The van der Waals surface area contributed by atoms with E-state index in [0.29, 0.717) is 28.4 Å². The predicted octanol–water partition coefficient (Wildman–Crippen LogP) is 2.79. The molecule has 2 heterocycles. The molecule has 1 atom stereocenters. The molecule has 0 saturated carbocycles. The fourth-order valence-electron chi connectivity index (χ4n) is 2.35. The number of rotatable bonds is 6. The standard InChI is InChI=1S/C19H17NO6/c1-24-19(23)13-6-4-12(5-7-13)18(22)20-11-14(21)15-8-9-17(26-15)16-3-2-10-25-16/h2-10,14,21H,11H2,1H3,(H,20,22). The number of ether oxygens (including phenoxy) is 1. The minimum absolute atomic E-state index is 0.0251. The summed E-state index contributed by atoms with van der Waals surface area (Å²) >= 11 is 0. The molecule has 7 nitrogen and oxygen atoms in total. The van der Waals surface area contributed by atoms with E-state index in [4.69, 9.17) is 8.83 Å². The lowest BCUT2D eigenvalue weighted by molar-refractivity contribution is 0.0600. The van der Waals surface area contributed by atoms with E-state index in [1.807, 2.05) is 0 Å². The second-order valence-electron chi connectivity index (χ2n) is 5.47. The smallest absolute Gasteiger partial charge is 0.337 e. The number of aliphatic hydroxyl groups excluding tert-OH is 1. The van der Waals surface area contributed by atoms with Gasteiger partial charge in [0, 0.05) is 5.56 Å². The summed E-state index contributed by atoms with van der Waals surface area (Å²) in [5.74, 6) is 0.514. The topological polar surface area (TPSA) is 102 Å². The fourth-order valence-corrected chi connectivity index (χ4v) is 2.35. The average molecular weight is 355 g/mol. The summed E-state index contributed by atoms with van der Waals surface area (Å²) in [4.78, 5) is 23.5. The zero-order chi connectivity index (χ0) is 18.5. The Kier molecular flexibility index (Phi) is 5.19. The van der Waals surface area contributed by atoms with E-state index in [1.54, 1.807) is 24.3 Å². The molecular formula is C19H17NO6. The van der Waals surface area contributed by atoms with Gasteiger partial charge in [0.2, 0.25) is 0 Å². The van der Waals surface area contributed by atoms with Crippen LogP contribution in [0, 0.1) is 0 Å². The van der Waals surface area contributed by atoms with Crippen molar-refractivity contribution in [2.45, 2.75) is 6.10 Å². The van der Waals surface area contributed by atoms with E-state index in [2.05, 4.69) is 10.1 Å². The highest BCUT2D eigenvalue weighted by Crippen LogP contribution is 2.25. The van der Waals surface area contributed by atoms with E-state index in [1.165, 1.54) is 37.6 Å². The van der Waals surface area contributed by atoms with Crippen LogP contribution in [0.3, 0.4) is 0 Å². The first-order valence-electron chi connectivity index (χ1n) is 7.86. The summed E-state index contributed by atoms with van der Waals surface area (Å²) in [6, 6.07) is 12.8. The average Bonchev–Trinajstić information content (AvgIpc) is 3.36. The first-order chi connectivity index (χ1) is 12.6. The van der Waals surface area contributed by atoms with Gasteiger partial charge in [-0.25, -0.2) is 4.79 Å². The lowest BCUT2D eigenvalue weighted by Gasteiger charge is -2.10. The van der Waals surface area contributed by atoms with Crippen LogP contribution in [0.4, 0.5) is 0 Å². The zero-order valence-electron chi connectivity index (χ0n) is 14.0. The third-order valence-electron chi connectivity index (χ3n) is 3.74. The van der Waals surface area contributed by atoms with Gasteiger partial charge in [0.25, 0.3) is 5.91 Å². The van der Waals surface area contributed by atoms with Crippen LogP contribution in [0.1, 0.15) is 32.6 Å². The number of carbonyl (C=O) groups excluding carboxylic acids is 2. The van der Waals surface area contributed by atoms with Crippen molar-refractivity contribution in [3.05, 3.63) is 71.7 Å². The highest BCUT2D eigenvalue weighted by molar-refractivity contribution is 5.96. The Bertz CT molecular complexity index is 879. The number of amides is 1. The number of furan rings is 2. The number of aliphatic hydroxyl groups is 1. The van der Waals surface area contributed by atoms with Crippen molar-refractivity contribution < 1.29 is 28.3 Å². The Balaban J connectivity index is 1.58. The largest absolute Gasteiger partial charge is 0.465 e. The second-order valence-corrected chi connectivity index (χ2v) is 5.47. The number of hydrogen-bond donors (Lipinski definition) is 2. The van der Waals surface area contributed by atoms with Gasteiger partial charge in [-0.2, -0.15) is 0 Å². The molecule has 2 N–H and O–H groups in total. The normalized spacial score (nSPS) is 11.8. The van der Waals surface area contributed by atoms with Crippen molar-refractivity contribution in [1.29, 1.82) is 0 Å². The Labute approximate surface area is 149 Å². The number of hydrogen-bond acceptors (Lipinski definition) is 6. The predicted molar refractivity (Wildman–Crippen MR) is 91.5 cm³/mol. The van der Waals surface area contributed by atoms with Gasteiger partial charge in [-0.1, -0.05) is 0 Å². The third-order valence-corrected chi connectivity index (χ3v) is 3.74.